The van der Waals surface area contributed by atoms with Crippen molar-refractivity contribution in [1.29, 1.82) is 0 Å². The highest BCUT2D eigenvalue weighted by molar-refractivity contribution is 9.10. The zero-order chi connectivity index (χ0) is 20.1. The van der Waals surface area contributed by atoms with E-state index in [9.17, 15) is 8.42 Å². The second kappa shape index (κ2) is 8.44. The third kappa shape index (κ3) is 5.11. The van der Waals surface area contributed by atoms with Crippen molar-refractivity contribution in [2.45, 2.75) is 0 Å². The van der Waals surface area contributed by atoms with Gasteiger partial charge in [-0.1, -0.05) is 24.3 Å². The summed E-state index contributed by atoms with van der Waals surface area (Å²) in [6.45, 7) is 0. The lowest BCUT2D eigenvalue weighted by atomic mass is 10.2. The number of hydrogen-bond donors (Lipinski definition) is 3. The molecule has 3 N–H and O–H groups in total. The van der Waals surface area contributed by atoms with E-state index in [0.29, 0.717) is 33.4 Å². The van der Waals surface area contributed by atoms with Gasteiger partial charge in [0.2, 0.25) is 16.0 Å². The van der Waals surface area contributed by atoms with Crippen LogP contribution in [-0.2, 0) is 10.0 Å². The van der Waals surface area contributed by atoms with Crippen molar-refractivity contribution in [3.63, 3.8) is 0 Å². The average Bonchev–Trinajstić information content (AvgIpc) is 2.65. The van der Waals surface area contributed by atoms with Crippen LogP contribution < -0.4 is 20.1 Å². The Hall–Kier alpha value is -2.85. The van der Waals surface area contributed by atoms with E-state index in [4.69, 9.17) is 4.74 Å². The molecule has 0 radical (unpaired) electrons. The number of rotatable bonds is 7. The summed E-state index contributed by atoms with van der Waals surface area (Å²) in [5, 5.41) is 6.23. The van der Waals surface area contributed by atoms with Crippen molar-refractivity contribution in [2.24, 2.45) is 0 Å². The van der Waals surface area contributed by atoms with Gasteiger partial charge >= 0.3 is 0 Å². The third-order valence-electron chi connectivity index (χ3n) is 3.57. The van der Waals surface area contributed by atoms with Crippen LogP contribution in [0.3, 0.4) is 0 Å². The number of aromatic nitrogens is 2. The molecule has 1 aromatic heterocycles. The maximum Gasteiger partial charge on any atom is 0.229 e. The highest BCUT2D eigenvalue weighted by Gasteiger charge is 2.12. The molecule has 3 aromatic rings. The molecule has 0 unspecified atom stereocenters. The van der Waals surface area contributed by atoms with Crippen LogP contribution in [0.1, 0.15) is 0 Å². The van der Waals surface area contributed by atoms with Crippen molar-refractivity contribution in [2.75, 3.05) is 28.7 Å². The van der Waals surface area contributed by atoms with Crippen molar-refractivity contribution in [3.05, 3.63) is 59.2 Å². The van der Waals surface area contributed by atoms with E-state index in [1.807, 2.05) is 24.3 Å². The van der Waals surface area contributed by atoms with Gasteiger partial charge in [0, 0.05) is 6.20 Å². The number of nitrogens with zero attached hydrogens (tertiary/aromatic N) is 2. The lowest BCUT2D eigenvalue weighted by Crippen LogP contribution is -2.11. The number of benzene rings is 2. The molecule has 1 heterocycles. The minimum atomic E-state index is -3.42. The number of sulfonamides is 1. The molecule has 3 rings (SSSR count). The van der Waals surface area contributed by atoms with E-state index in [1.54, 1.807) is 37.6 Å². The molecular formula is C18H18BrN5O3S. The first-order chi connectivity index (χ1) is 13.4. The summed E-state index contributed by atoms with van der Waals surface area (Å²) in [6.07, 6.45) is 2.69. The summed E-state index contributed by atoms with van der Waals surface area (Å²) in [7, 11) is -1.83. The largest absolute Gasteiger partial charge is 0.495 e. The molecule has 8 nitrogen and oxygen atoms in total. The van der Waals surface area contributed by atoms with Crippen LogP contribution in [0.5, 0.6) is 5.75 Å². The smallest absolute Gasteiger partial charge is 0.229 e. The average molecular weight is 464 g/mol. The Morgan fingerprint density at radius 1 is 0.964 bits per heavy atom. The van der Waals surface area contributed by atoms with Gasteiger partial charge in [0.25, 0.3) is 0 Å². The molecular weight excluding hydrogens is 446 g/mol. The zero-order valence-electron chi connectivity index (χ0n) is 15.1. The van der Waals surface area contributed by atoms with Crippen LogP contribution in [0, 0.1) is 0 Å². The van der Waals surface area contributed by atoms with Crippen LogP contribution in [0.25, 0.3) is 0 Å². The second-order valence-corrected chi connectivity index (χ2v) is 8.36. The van der Waals surface area contributed by atoms with E-state index in [0.717, 1.165) is 11.9 Å². The first kappa shape index (κ1) is 19.9. The fourth-order valence-electron chi connectivity index (χ4n) is 2.39. The van der Waals surface area contributed by atoms with Gasteiger partial charge < -0.3 is 15.4 Å². The Bertz CT molecular complexity index is 1090. The van der Waals surface area contributed by atoms with E-state index in [1.165, 1.54) is 0 Å². The van der Waals surface area contributed by atoms with Crippen LogP contribution in [-0.4, -0.2) is 31.8 Å². The number of anilines is 5. The Balaban J connectivity index is 1.89. The Morgan fingerprint density at radius 2 is 1.61 bits per heavy atom. The Morgan fingerprint density at radius 3 is 2.29 bits per heavy atom. The van der Waals surface area contributed by atoms with Gasteiger partial charge in [0.15, 0.2) is 0 Å². The number of nitrogens with one attached hydrogen (secondary N) is 3. The summed E-state index contributed by atoms with van der Waals surface area (Å²) < 4.78 is 31.6. The second-order valence-electron chi connectivity index (χ2n) is 5.76. The maximum atomic E-state index is 11.6. The molecule has 0 aliphatic heterocycles. The highest BCUT2D eigenvalue weighted by Crippen LogP contribution is 2.31. The van der Waals surface area contributed by atoms with Crippen LogP contribution in [0.4, 0.5) is 28.8 Å². The number of methoxy groups -OCH3 is 1. The molecule has 28 heavy (non-hydrogen) atoms. The lowest BCUT2D eigenvalue weighted by Gasteiger charge is -2.14. The van der Waals surface area contributed by atoms with Crippen LogP contribution in [0.2, 0.25) is 0 Å². The standard InChI is InChI=1S/C18H18BrN5O3S/c1-27-16-10-6-5-9-15(16)22-18-20-11-12(19)17(23-18)21-13-7-3-4-8-14(13)24-28(2,25)26/h3-11,24H,1-2H3,(H2,20,21,22,23). The van der Waals surface area contributed by atoms with Crippen LogP contribution >= 0.6 is 15.9 Å². The monoisotopic (exact) mass is 463 g/mol. The predicted molar refractivity (Wildman–Crippen MR) is 114 cm³/mol. The molecule has 0 aliphatic rings. The fraction of sp³-hybridized carbons (Fsp3) is 0.111. The molecule has 2 aromatic carbocycles. The first-order valence-electron chi connectivity index (χ1n) is 8.12. The van der Waals surface area contributed by atoms with Gasteiger partial charge in [-0.05, 0) is 40.2 Å². The normalized spacial score (nSPS) is 11.0. The van der Waals surface area contributed by atoms with Crippen molar-refractivity contribution in [1.82, 2.24) is 9.97 Å². The zero-order valence-corrected chi connectivity index (χ0v) is 17.5. The number of ether oxygens (including phenoxy) is 1. The summed E-state index contributed by atoms with van der Waals surface area (Å²) in [5.74, 6) is 1.48. The van der Waals surface area contributed by atoms with Crippen molar-refractivity contribution >= 4 is 54.8 Å². The Kier molecular flexibility index (Phi) is 6.00. The van der Waals surface area contributed by atoms with Gasteiger partial charge in [0.1, 0.15) is 11.6 Å². The molecule has 0 bridgehead atoms. The topological polar surface area (TPSA) is 105 Å². The maximum absolute atomic E-state index is 11.6. The van der Waals surface area contributed by atoms with E-state index >= 15 is 0 Å². The van der Waals surface area contributed by atoms with Gasteiger partial charge in [-0.25, -0.2) is 13.4 Å². The predicted octanol–water partition coefficient (Wildman–Crippen LogP) is 4.11. The molecule has 0 saturated carbocycles. The molecule has 0 fully saturated rings. The number of halogens is 1. The van der Waals surface area contributed by atoms with Gasteiger partial charge in [-0.2, -0.15) is 4.98 Å². The SMILES string of the molecule is COc1ccccc1Nc1ncc(Br)c(Nc2ccccc2NS(C)(=O)=O)n1. The molecule has 0 amide bonds. The Labute approximate surface area is 171 Å². The molecule has 0 atom stereocenters. The molecule has 146 valence electrons. The van der Waals surface area contributed by atoms with E-state index in [-0.39, 0.29) is 0 Å². The molecule has 0 aliphatic carbocycles. The highest BCUT2D eigenvalue weighted by atomic mass is 79.9. The van der Waals surface area contributed by atoms with Gasteiger partial charge in [-0.3, -0.25) is 4.72 Å². The minimum Gasteiger partial charge on any atom is -0.495 e. The van der Waals surface area contributed by atoms with Crippen LogP contribution in [0.15, 0.2) is 59.2 Å². The number of hydrogen-bond acceptors (Lipinski definition) is 7. The van der Waals surface area contributed by atoms with Crippen molar-refractivity contribution < 1.29 is 13.2 Å². The molecule has 0 saturated heterocycles. The fourth-order valence-corrected chi connectivity index (χ4v) is 3.26. The van der Waals surface area contributed by atoms with E-state index < -0.39 is 10.0 Å². The van der Waals surface area contributed by atoms with Gasteiger partial charge in [-0.15, -0.1) is 0 Å². The molecule has 10 heteroatoms. The quantitative estimate of drug-likeness (QED) is 0.484. The first-order valence-corrected chi connectivity index (χ1v) is 10.8. The molecule has 0 spiro atoms. The van der Waals surface area contributed by atoms with Crippen molar-refractivity contribution in [3.8, 4) is 5.75 Å². The summed E-state index contributed by atoms with van der Waals surface area (Å²) in [5.41, 5.74) is 1.68. The lowest BCUT2D eigenvalue weighted by molar-refractivity contribution is 0.417. The van der Waals surface area contributed by atoms with E-state index in [2.05, 4.69) is 41.3 Å². The summed E-state index contributed by atoms with van der Waals surface area (Å²) in [4.78, 5) is 8.72. The summed E-state index contributed by atoms with van der Waals surface area (Å²) >= 11 is 3.41. The number of para-hydroxylation sites is 4. The minimum absolute atomic E-state index is 0.351. The van der Waals surface area contributed by atoms with Gasteiger partial charge in [0.05, 0.1) is 34.9 Å². The third-order valence-corrected chi connectivity index (χ3v) is 4.74. The summed E-state index contributed by atoms with van der Waals surface area (Å²) in [6, 6.07) is 14.3.